The Morgan fingerprint density at radius 1 is 1.15 bits per heavy atom. The average molecular weight is 475 g/mol. The Morgan fingerprint density at radius 3 is 2.59 bits per heavy atom. The summed E-state index contributed by atoms with van der Waals surface area (Å²) < 4.78 is 6.50. The van der Waals surface area contributed by atoms with Gasteiger partial charge in [-0.15, -0.1) is 0 Å². The molecule has 0 saturated carbocycles. The van der Waals surface area contributed by atoms with Crippen molar-refractivity contribution in [1.29, 1.82) is 0 Å². The van der Waals surface area contributed by atoms with E-state index in [1.54, 1.807) is 0 Å². The SMILES string of the molecule is COC(=O)[C@H]1C(c2ccc(I)cc2)C[C@H]2CCC1N2Cc1ccccc1C. The predicted octanol–water partition coefficient (Wildman–Crippen LogP) is 4.91. The van der Waals surface area contributed by atoms with Crippen LogP contribution >= 0.6 is 22.6 Å². The lowest BCUT2D eigenvalue weighted by atomic mass is 9.76. The average Bonchev–Trinajstić information content (AvgIpc) is 2.94. The Kier molecular flexibility index (Phi) is 5.55. The molecule has 27 heavy (non-hydrogen) atoms. The molecule has 4 heteroatoms. The van der Waals surface area contributed by atoms with E-state index >= 15 is 0 Å². The van der Waals surface area contributed by atoms with Gasteiger partial charge in [-0.05, 0) is 77.6 Å². The van der Waals surface area contributed by atoms with Crippen LogP contribution in [-0.2, 0) is 16.1 Å². The van der Waals surface area contributed by atoms with Gasteiger partial charge in [0.05, 0.1) is 13.0 Å². The molecule has 0 N–H and O–H groups in total. The summed E-state index contributed by atoms with van der Waals surface area (Å²) in [5.41, 5.74) is 3.97. The van der Waals surface area contributed by atoms with Crippen molar-refractivity contribution in [2.24, 2.45) is 5.92 Å². The summed E-state index contributed by atoms with van der Waals surface area (Å²) in [4.78, 5) is 15.4. The maximum atomic E-state index is 12.8. The van der Waals surface area contributed by atoms with E-state index in [9.17, 15) is 4.79 Å². The summed E-state index contributed by atoms with van der Waals surface area (Å²) in [6.07, 6.45) is 3.28. The van der Waals surface area contributed by atoms with Crippen molar-refractivity contribution in [3.05, 3.63) is 68.8 Å². The van der Waals surface area contributed by atoms with Crippen molar-refractivity contribution in [2.75, 3.05) is 7.11 Å². The Morgan fingerprint density at radius 2 is 1.89 bits per heavy atom. The van der Waals surface area contributed by atoms with E-state index in [1.807, 2.05) is 0 Å². The van der Waals surface area contributed by atoms with Gasteiger partial charge in [0.2, 0.25) is 0 Å². The zero-order chi connectivity index (χ0) is 19.0. The highest BCUT2D eigenvalue weighted by molar-refractivity contribution is 14.1. The molecule has 3 nitrogen and oxygen atoms in total. The second kappa shape index (κ2) is 7.92. The Labute approximate surface area is 175 Å². The van der Waals surface area contributed by atoms with E-state index in [1.165, 1.54) is 33.8 Å². The molecule has 2 bridgehead atoms. The second-order valence-corrected chi connectivity index (χ2v) is 9.09. The van der Waals surface area contributed by atoms with Crippen molar-refractivity contribution in [2.45, 2.75) is 50.7 Å². The molecule has 2 aromatic carbocycles. The number of esters is 1. The number of carbonyl (C=O) groups is 1. The molecule has 2 aromatic rings. The van der Waals surface area contributed by atoms with Crippen LogP contribution in [-0.4, -0.2) is 30.1 Å². The minimum Gasteiger partial charge on any atom is -0.469 e. The van der Waals surface area contributed by atoms with Crippen LogP contribution in [0.4, 0.5) is 0 Å². The quantitative estimate of drug-likeness (QED) is 0.465. The van der Waals surface area contributed by atoms with E-state index in [0.29, 0.717) is 6.04 Å². The van der Waals surface area contributed by atoms with Gasteiger partial charge in [0.1, 0.15) is 0 Å². The molecular weight excluding hydrogens is 449 g/mol. The molecule has 0 amide bonds. The molecule has 2 aliphatic heterocycles. The van der Waals surface area contributed by atoms with Crippen molar-refractivity contribution in [1.82, 2.24) is 4.90 Å². The van der Waals surface area contributed by atoms with Crippen LogP contribution in [0.2, 0.25) is 0 Å². The molecule has 0 aliphatic carbocycles. The number of carbonyl (C=O) groups excluding carboxylic acids is 1. The van der Waals surface area contributed by atoms with Crippen molar-refractivity contribution in [3.63, 3.8) is 0 Å². The zero-order valence-electron chi connectivity index (χ0n) is 15.9. The minimum absolute atomic E-state index is 0.0568. The number of rotatable bonds is 4. The number of hydrogen-bond acceptors (Lipinski definition) is 3. The number of hydrogen-bond donors (Lipinski definition) is 0. The summed E-state index contributed by atoms with van der Waals surface area (Å²) in [5, 5.41) is 0. The standard InChI is InChI=1S/C23H26INO2/c1-15-5-3-4-6-17(15)14-25-19-11-12-21(25)22(23(26)27-2)20(13-19)16-7-9-18(24)10-8-16/h3-10,19-22H,11-14H2,1-2H3/t19-,20?,21?,22+/m1/s1. The summed E-state index contributed by atoms with van der Waals surface area (Å²) >= 11 is 2.33. The summed E-state index contributed by atoms with van der Waals surface area (Å²) in [6, 6.07) is 18.1. The maximum absolute atomic E-state index is 12.8. The van der Waals surface area contributed by atoms with E-state index in [4.69, 9.17) is 4.74 Å². The highest BCUT2D eigenvalue weighted by Gasteiger charge is 2.50. The number of ether oxygens (including phenoxy) is 1. The number of fused-ring (bicyclic) bond motifs is 2. The normalized spacial score (nSPS) is 27.5. The molecule has 0 radical (unpaired) electrons. The van der Waals surface area contributed by atoms with E-state index in [0.717, 1.165) is 19.4 Å². The fourth-order valence-corrected chi connectivity index (χ4v) is 5.41. The molecule has 2 heterocycles. The molecule has 0 spiro atoms. The third-order valence-corrected chi connectivity index (χ3v) is 7.17. The highest BCUT2D eigenvalue weighted by Crippen LogP contribution is 2.48. The van der Waals surface area contributed by atoms with Gasteiger partial charge in [0, 0.05) is 28.1 Å². The fourth-order valence-electron chi connectivity index (χ4n) is 5.05. The number of methoxy groups -OCH3 is 1. The lowest BCUT2D eigenvalue weighted by Gasteiger charge is -2.44. The van der Waals surface area contributed by atoms with Crippen LogP contribution in [0.25, 0.3) is 0 Å². The van der Waals surface area contributed by atoms with Gasteiger partial charge in [-0.2, -0.15) is 0 Å². The first-order chi connectivity index (χ1) is 13.1. The summed E-state index contributed by atoms with van der Waals surface area (Å²) in [5.74, 6) is 0.108. The largest absolute Gasteiger partial charge is 0.469 e. The molecule has 2 aliphatic rings. The smallest absolute Gasteiger partial charge is 0.310 e. The van der Waals surface area contributed by atoms with Crippen LogP contribution < -0.4 is 0 Å². The molecular formula is C23H26INO2. The van der Waals surface area contributed by atoms with Crippen molar-refractivity contribution < 1.29 is 9.53 Å². The Bertz CT molecular complexity index is 819. The van der Waals surface area contributed by atoms with Crippen LogP contribution in [0.1, 0.15) is 41.9 Å². The third kappa shape index (κ3) is 3.66. The van der Waals surface area contributed by atoms with Crippen LogP contribution in [0.5, 0.6) is 0 Å². The van der Waals surface area contributed by atoms with Gasteiger partial charge in [-0.3, -0.25) is 9.69 Å². The van der Waals surface area contributed by atoms with E-state index in [-0.39, 0.29) is 23.8 Å². The Hall–Kier alpha value is -1.40. The highest BCUT2D eigenvalue weighted by atomic mass is 127. The number of piperidine rings is 1. The second-order valence-electron chi connectivity index (χ2n) is 7.84. The number of aryl methyl sites for hydroxylation is 1. The van der Waals surface area contributed by atoms with Crippen molar-refractivity contribution >= 4 is 28.6 Å². The lowest BCUT2D eigenvalue weighted by molar-refractivity contribution is -0.150. The summed E-state index contributed by atoms with van der Waals surface area (Å²) in [7, 11) is 1.53. The Balaban J connectivity index is 1.65. The molecule has 142 valence electrons. The predicted molar refractivity (Wildman–Crippen MR) is 116 cm³/mol. The zero-order valence-corrected chi connectivity index (χ0v) is 18.1. The molecule has 2 saturated heterocycles. The third-order valence-electron chi connectivity index (χ3n) is 6.45. The molecule has 2 fully saturated rings. The minimum atomic E-state index is -0.0853. The van der Waals surface area contributed by atoms with Crippen LogP contribution in [0.15, 0.2) is 48.5 Å². The van der Waals surface area contributed by atoms with Gasteiger partial charge < -0.3 is 4.74 Å². The number of halogens is 1. The summed E-state index contributed by atoms with van der Waals surface area (Å²) in [6.45, 7) is 3.10. The fraction of sp³-hybridized carbons (Fsp3) is 0.435. The first-order valence-electron chi connectivity index (χ1n) is 9.72. The molecule has 4 atom stereocenters. The van der Waals surface area contributed by atoms with Gasteiger partial charge in [-0.25, -0.2) is 0 Å². The first kappa shape index (κ1) is 18.9. The van der Waals surface area contributed by atoms with E-state index in [2.05, 4.69) is 82.9 Å². The number of nitrogens with zero attached hydrogens (tertiary/aromatic N) is 1. The maximum Gasteiger partial charge on any atom is 0.310 e. The van der Waals surface area contributed by atoms with E-state index < -0.39 is 0 Å². The molecule has 2 unspecified atom stereocenters. The van der Waals surface area contributed by atoms with Crippen LogP contribution in [0, 0.1) is 16.4 Å². The van der Waals surface area contributed by atoms with Gasteiger partial charge in [-0.1, -0.05) is 36.4 Å². The van der Waals surface area contributed by atoms with Gasteiger partial charge in [0.25, 0.3) is 0 Å². The van der Waals surface area contributed by atoms with Gasteiger partial charge >= 0.3 is 5.97 Å². The monoisotopic (exact) mass is 475 g/mol. The van der Waals surface area contributed by atoms with Gasteiger partial charge in [0.15, 0.2) is 0 Å². The topological polar surface area (TPSA) is 29.5 Å². The van der Waals surface area contributed by atoms with Crippen LogP contribution in [0.3, 0.4) is 0 Å². The number of benzene rings is 2. The molecule has 0 aromatic heterocycles. The van der Waals surface area contributed by atoms with Crippen molar-refractivity contribution in [3.8, 4) is 0 Å². The first-order valence-corrected chi connectivity index (χ1v) is 10.8. The lowest BCUT2D eigenvalue weighted by Crippen LogP contribution is -2.50. The molecule has 4 rings (SSSR count).